The first-order valence-corrected chi connectivity index (χ1v) is 11.1. The lowest BCUT2D eigenvalue weighted by Crippen LogP contribution is -2.31. The molecule has 1 heterocycles. The maximum absolute atomic E-state index is 5.00. The van der Waals surface area contributed by atoms with Crippen molar-refractivity contribution in [2.45, 2.75) is 47.5 Å². The number of aryl methyl sites for hydroxylation is 1. The molecule has 0 aromatic heterocycles. The van der Waals surface area contributed by atoms with Crippen LogP contribution in [0.5, 0.6) is 0 Å². The van der Waals surface area contributed by atoms with Crippen molar-refractivity contribution in [2.75, 3.05) is 31.1 Å². The third kappa shape index (κ3) is 4.16. The molecule has 0 saturated heterocycles. The van der Waals surface area contributed by atoms with Crippen LogP contribution < -0.4 is 14.8 Å². The van der Waals surface area contributed by atoms with Gasteiger partial charge in [0.15, 0.2) is 0 Å². The van der Waals surface area contributed by atoms with Crippen LogP contribution in [0.3, 0.4) is 0 Å². The summed E-state index contributed by atoms with van der Waals surface area (Å²) in [4.78, 5) is 8.67. The smallest absolute Gasteiger partial charge is 0.201 e. The summed E-state index contributed by atoms with van der Waals surface area (Å²) in [7, 11) is 0. The lowest BCUT2D eigenvalue weighted by molar-refractivity contribution is 0.557. The lowest BCUT2D eigenvalue weighted by atomic mass is 10.1. The quantitative estimate of drug-likeness (QED) is 0.416. The van der Waals surface area contributed by atoms with Gasteiger partial charge in [-0.2, -0.15) is 0 Å². The normalized spacial score (nSPS) is 11.3. The minimum Gasteiger partial charge on any atom is -0.372 e. The molecule has 0 spiro atoms. The SMILES string of the molecule is CCC[N+](CCC)=c1ccc2nc3c(C)cc(N(CC)CC)cc3sc-2c1. The van der Waals surface area contributed by atoms with E-state index in [0.29, 0.717) is 0 Å². The van der Waals surface area contributed by atoms with Crippen LogP contribution in [0.4, 0.5) is 5.69 Å². The van der Waals surface area contributed by atoms with E-state index in [-0.39, 0.29) is 0 Å². The van der Waals surface area contributed by atoms with Crippen LogP contribution in [0.2, 0.25) is 0 Å². The van der Waals surface area contributed by atoms with Crippen molar-refractivity contribution in [1.82, 2.24) is 9.56 Å². The third-order valence-corrected chi connectivity index (χ3v) is 6.20. The zero-order chi connectivity index (χ0) is 19.4. The zero-order valence-electron chi connectivity index (χ0n) is 17.4. The van der Waals surface area contributed by atoms with Crippen LogP contribution in [0.15, 0.2) is 30.3 Å². The second kappa shape index (κ2) is 8.83. The Morgan fingerprint density at radius 1 is 0.963 bits per heavy atom. The van der Waals surface area contributed by atoms with E-state index < -0.39 is 0 Å². The predicted octanol–water partition coefficient (Wildman–Crippen LogP) is 5.15. The van der Waals surface area contributed by atoms with E-state index in [0.717, 1.165) is 37.4 Å². The topological polar surface area (TPSA) is 19.1 Å². The molecule has 0 saturated carbocycles. The maximum atomic E-state index is 5.00. The van der Waals surface area contributed by atoms with Gasteiger partial charge in [-0.1, -0.05) is 13.8 Å². The van der Waals surface area contributed by atoms with Crippen molar-refractivity contribution < 1.29 is 0 Å². The van der Waals surface area contributed by atoms with Crippen molar-refractivity contribution in [3.8, 4) is 10.6 Å². The van der Waals surface area contributed by atoms with Crippen molar-refractivity contribution in [3.05, 3.63) is 41.3 Å². The Morgan fingerprint density at radius 3 is 2.30 bits per heavy atom. The summed E-state index contributed by atoms with van der Waals surface area (Å²) < 4.78 is 3.77. The first-order valence-electron chi connectivity index (χ1n) is 10.3. The van der Waals surface area contributed by atoms with Crippen LogP contribution >= 0.6 is 11.3 Å². The third-order valence-electron chi connectivity index (χ3n) is 5.13. The average molecular weight is 383 g/mol. The van der Waals surface area contributed by atoms with E-state index in [4.69, 9.17) is 4.98 Å². The molecule has 0 N–H and O–H groups in total. The summed E-state index contributed by atoms with van der Waals surface area (Å²) in [5.74, 6) is 0. The van der Waals surface area contributed by atoms with Crippen LogP contribution in [0.1, 0.15) is 46.1 Å². The Balaban J connectivity index is 2.21. The van der Waals surface area contributed by atoms with Gasteiger partial charge in [-0.25, -0.2) is 9.56 Å². The monoisotopic (exact) mass is 382 g/mol. The highest BCUT2D eigenvalue weighted by atomic mass is 32.1. The number of fused-ring (bicyclic) bond motifs is 2. The molecule has 0 unspecified atom stereocenters. The minimum absolute atomic E-state index is 1.03. The molecule has 0 fully saturated rings. The molecular weight excluding hydrogens is 350 g/mol. The highest BCUT2D eigenvalue weighted by Gasteiger charge is 2.13. The van der Waals surface area contributed by atoms with E-state index in [2.05, 4.69) is 74.4 Å². The first-order chi connectivity index (χ1) is 13.1. The summed E-state index contributed by atoms with van der Waals surface area (Å²) in [6.07, 6.45) is 2.34. The number of rotatable bonds is 7. The Kier molecular flexibility index (Phi) is 6.48. The number of aromatic nitrogens is 1. The van der Waals surface area contributed by atoms with E-state index in [9.17, 15) is 0 Å². The largest absolute Gasteiger partial charge is 0.372 e. The Bertz CT molecular complexity index is 946. The summed E-state index contributed by atoms with van der Waals surface area (Å²) in [5, 5.41) is 1.32. The molecule has 0 radical (unpaired) electrons. The second-order valence-corrected chi connectivity index (χ2v) is 8.22. The van der Waals surface area contributed by atoms with E-state index >= 15 is 0 Å². The number of benzene rings is 2. The molecular formula is C23H32N3S+. The van der Waals surface area contributed by atoms with Gasteiger partial charge in [0.05, 0.1) is 20.8 Å². The highest BCUT2D eigenvalue weighted by Crippen LogP contribution is 2.33. The van der Waals surface area contributed by atoms with Crippen LogP contribution in [0.25, 0.3) is 20.8 Å². The fourth-order valence-electron chi connectivity index (χ4n) is 3.74. The fourth-order valence-corrected chi connectivity index (χ4v) is 4.86. The average Bonchev–Trinajstić information content (AvgIpc) is 2.67. The molecule has 0 amide bonds. The Hall–Kier alpha value is -1.94. The van der Waals surface area contributed by atoms with Gasteiger partial charge in [0.25, 0.3) is 0 Å². The van der Waals surface area contributed by atoms with E-state index in [1.165, 1.54) is 39.0 Å². The number of hydrogen-bond acceptors (Lipinski definition) is 3. The van der Waals surface area contributed by atoms with Crippen molar-refractivity contribution in [3.63, 3.8) is 0 Å². The molecule has 144 valence electrons. The van der Waals surface area contributed by atoms with E-state index in [1.54, 1.807) is 0 Å². The minimum atomic E-state index is 1.03. The summed E-state index contributed by atoms with van der Waals surface area (Å²) in [6.45, 7) is 15.4. The molecule has 1 aliphatic carbocycles. The number of nitrogens with zero attached hydrogens (tertiary/aromatic N) is 3. The lowest BCUT2D eigenvalue weighted by Gasteiger charge is -2.22. The van der Waals surface area contributed by atoms with Gasteiger partial charge in [-0.05, 0) is 44.5 Å². The Morgan fingerprint density at radius 2 is 1.67 bits per heavy atom. The van der Waals surface area contributed by atoms with Crippen molar-refractivity contribution >= 4 is 27.2 Å². The van der Waals surface area contributed by atoms with Crippen LogP contribution in [-0.4, -0.2) is 31.2 Å². The second-order valence-electron chi connectivity index (χ2n) is 7.13. The summed E-state index contributed by atoms with van der Waals surface area (Å²) in [5.41, 5.74) is 4.80. The molecule has 1 aromatic carbocycles. The zero-order valence-corrected chi connectivity index (χ0v) is 18.2. The van der Waals surface area contributed by atoms with Gasteiger partial charge < -0.3 is 4.90 Å². The molecule has 3 rings (SSSR count). The highest BCUT2D eigenvalue weighted by molar-refractivity contribution is 7.21. The molecule has 3 nitrogen and oxygen atoms in total. The molecule has 0 bridgehead atoms. The van der Waals surface area contributed by atoms with Gasteiger partial charge in [0, 0.05) is 43.8 Å². The molecule has 0 atom stereocenters. The summed E-state index contributed by atoms with van der Waals surface area (Å²) >= 11 is 1.87. The van der Waals surface area contributed by atoms with Gasteiger partial charge >= 0.3 is 0 Å². The molecule has 1 aliphatic heterocycles. The number of anilines is 1. The fraction of sp³-hybridized carbons (Fsp3) is 0.478. The van der Waals surface area contributed by atoms with Crippen LogP contribution in [0, 0.1) is 6.92 Å². The molecule has 1 aromatic rings. The van der Waals surface area contributed by atoms with Crippen molar-refractivity contribution in [2.24, 2.45) is 0 Å². The van der Waals surface area contributed by atoms with E-state index in [1.807, 2.05) is 11.3 Å². The van der Waals surface area contributed by atoms with Crippen molar-refractivity contribution in [1.29, 1.82) is 0 Å². The Labute approximate surface area is 167 Å². The molecule has 27 heavy (non-hydrogen) atoms. The first kappa shape index (κ1) is 19.8. The maximum Gasteiger partial charge on any atom is 0.201 e. The molecule has 4 heteroatoms. The van der Waals surface area contributed by atoms with Gasteiger partial charge in [-0.15, -0.1) is 11.3 Å². The standard InChI is InChI=1S/C23H32N3S/c1-6-12-26(13-7-2)18-10-11-20-21(15-18)27-22-16-19(25(8-3)9-4)14-17(5)23(22)24-20/h10-11,14-16H,6-9,12-13H2,1-5H3/q+1. The van der Waals surface area contributed by atoms with Gasteiger partial charge in [0.1, 0.15) is 13.1 Å². The predicted molar refractivity (Wildman–Crippen MR) is 120 cm³/mol. The molecule has 2 aliphatic rings. The summed E-state index contributed by atoms with van der Waals surface area (Å²) in [6, 6.07) is 11.3. The van der Waals surface area contributed by atoms with Gasteiger partial charge in [0.2, 0.25) is 5.36 Å². The van der Waals surface area contributed by atoms with Gasteiger partial charge in [-0.3, -0.25) is 0 Å². The van der Waals surface area contributed by atoms with Crippen LogP contribution in [-0.2, 0) is 0 Å². The number of hydrogen-bond donors (Lipinski definition) is 0.